The second-order valence-corrected chi connectivity index (χ2v) is 8.56. The first-order valence-corrected chi connectivity index (χ1v) is 11.1. The molecule has 1 unspecified atom stereocenters. The first-order valence-electron chi connectivity index (χ1n) is 9.66. The van der Waals surface area contributed by atoms with Crippen molar-refractivity contribution in [1.29, 1.82) is 0 Å². The van der Waals surface area contributed by atoms with E-state index in [4.69, 9.17) is 4.74 Å². The van der Waals surface area contributed by atoms with Gasteiger partial charge in [-0.1, -0.05) is 70.8 Å². The molecule has 0 fully saturated rings. The average Bonchev–Trinajstić information content (AvgIpc) is 2.57. The third-order valence-corrected chi connectivity index (χ3v) is 5.97. The summed E-state index contributed by atoms with van der Waals surface area (Å²) in [6.07, 6.45) is 10.2. The van der Waals surface area contributed by atoms with Crippen molar-refractivity contribution in [3.05, 3.63) is 12.7 Å². The van der Waals surface area contributed by atoms with Crippen molar-refractivity contribution in [3.8, 4) is 0 Å². The summed E-state index contributed by atoms with van der Waals surface area (Å²) in [5.41, 5.74) is 0. The van der Waals surface area contributed by atoms with Gasteiger partial charge in [-0.3, -0.25) is 9.35 Å². The Morgan fingerprint density at radius 3 is 1.89 bits per heavy atom. The molecule has 0 saturated heterocycles. The van der Waals surface area contributed by atoms with Crippen molar-refractivity contribution in [2.24, 2.45) is 0 Å². The molecule has 0 aromatic heterocycles. The number of hydrogen-bond donors (Lipinski definition) is 1. The van der Waals surface area contributed by atoms with E-state index in [0.29, 0.717) is 6.42 Å². The molecule has 0 rings (SSSR count). The van der Waals surface area contributed by atoms with Crippen LogP contribution >= 0.6 is 0 Å². The molecule has 1 atom stereocenters. The van der Waals surface area contributed by atoms with Crippen LogP contribution in [0.1, 0.15) is 84.0 Å². The molecule has 0 aliphatic carbocycles. The van der Waals surface area contributed by atoms with Crippen molar-refractivity contribution in [2.45, 2.75) is 88.7 Å². The fraction of sp³-hybridized carbons (Fsp3) is 0.789. The maximum Gasteiger partial charge on any atom is 1.00 e. The van der Waals surface area contributed by atoms with E-state index in [0.717, 1.165) is 25.3 Å². The number of esters is 1. The van der Waals surface area contributed by atoms with Crippen LogP contribution in [0.25, 0.3) is 0 Å². The summed E-state index contributed by atoms with van der Waals surface area (Å²) >= 11 is 0. The van der Waals surface area contributed by atoms with E-state index in [1.165, 1.54) is 38.5 Å². The number of carbonyl (C=O) groups is 2. The molecule has 1 N–H and O–H groups in total. The van der Waals surface area contributed by atoms with Gasteiger partial charge in [0.1, 0.15) is 0 Å². The largest absolute Gasteiger partial charge is 1.00 e. The minimum absolute atomic E-state index is 0. The summed E-state index contributed by atoms with van der Waals surface area (Å²) in [6, 6.07) is 0. The maximum atomic E-state index is 12.2. The topological polar surface area (TPSA) is 121 Å². The van der Waals surface area contributed by atoms with Gasteiger partial charge in [0.05, 0.1) is 6.61 Å². The second-order valence-electron chi connectivity index (χ2n) is 6.83. The van der Waals surface area contributed by atoms with Crippen LogP contribution in [0.15, 0.2) is 12.7 Å². The van der Waals surface area contributed by atoms with Gasteiger partial charge < -0.3 is 14.6 Å². The number of carbonyl (C=O) groups excluding carboxylic acids is 2. The van der Waals surface area contributed by atoms with Crippen LogP contribution < -0.4 is 34.7 Å². The van der Waals surface area contributed by atoms with E-state index in [1.54, 1.807) is 0 Å². The van der Waals surface area contributed by atoms with E-state index < -0.39 is 39.6 Å². The Hall–Kier alpha value is -0.410. The van der Waals surface area contributed by atoms with E-state index in [9.17, 15) is 27.7 Å². The van der Waals surface area contributed by atoms with Crippen LogP contribution in [-0.2, 0) is 24.4 Å². The Balaban J connectivity index is 0. The quantitative estimate of drug-likeness (QED) is 0.112. The fourth-order valence-corrected chi connectivity index (χ4v) is 3.78. The third-order valence-electron chi connectivity index (χ3n) is 4.50. The van der Waals surface area contributed by atoms with Gasteiger partial charge in [-0.25, -0.2) is 0 Å². The van der Waals surface area contributed by atoms with Gasteiger partial charge >= 0.3 is 35.5 Å². The van der Waals surface area contributed by atoms with Crippen LogP contribution in [0.3, 0.4) is 0 Å². The fourth-order valence-electron chi connectivity index (χ4n) is 2.88. The predicted molar refractivity (Wildman–Crippen MR) is 102 cm³/mol. The molecule has 0 aromatic rings. The van der Waals surface area contributed by atoms with E-state index in [-0.39, 0.29) is 36.2 Å². The van der Waals surface area contributed by atoms with Crippen LogP contribution in [-0.4, -0.2) is 36.3 Å². The molecular weight excluding hydrogens is 395 g/mol. The Labute approximate surface area is 191 Å². The smallest absolute Gasteiger partial charge is 0.550 e. The molecule has 158 valence electrons. The third kappa shape index (κ3) is 11.6. The van der Waals surface area contributed by atoms with Crippen LogP contribution in [0, 0.1) is 0 Å². The summed E-state index contributed by atoms with van der Waals surface area (Å²) in [7, 11) is -5.01. The minimum atomic E-state index is -5.01. The Kier molecular flexibility index (Phi) is 17.4. The number of carboxylic acids is 1. The molecule has 0 bridgehead atoms. The van der Waals surface area contributed by atoms with Crippen LogP contribution in [0.5, 0.6) is 0 Å². The van der Waals surface area contributed by atoms with E-state index in [1.807, 2.05) is 0 Å². The van der Waals surface area contributed by atoms with Gasteiger partial charge in [0, 0.05) is 12.4 Å². The number of aliphatic carboxylic acids is 1. The van der Waals surface area contributed by atoms with Gasteiger partial charge in [-0.15, -0.1) is 6.58 Å². The number of ether oxygens (including phenoxy) is 1. The second kappa shape index (κ2) is 16.4. The summed E-state index contributed by atoms with van der Waals surface area (Å²) in [5, 5.41) is 10.9. The standard InChI is InChI=1S/C19H34O7S.Na/c1-3-5-6-7-8-9-10-11-12-13-15-26-18(22)19(14-4-2,16-17(20)21)27(23,24)25;/h4H,2-3,5-16H2,1H3,(H,20,21)(H,23,24,25);/q;+1/p-1. The molecule has 0 spiro atoms. The molecular formula is C19H33NaO7S. The molecule has 7 nitrogen and oxygen atoms in total. The normalized spacial score (nSPS) is 13.2. The van der Waals surface area contributed by atoms with Crippen molar-refractivity contribution < 1.29 is 62.0 Å². The zero-order chi connectivity index (χ0) is 20.8. The zero-order valence-electron chi connectivity index (χ0n) is 17.3. The maximum absolute atomic E-state index is 12.2. The van der Waals surface area contributed by atoms with E-state index in [2.05, 4.69) is 13.5 Å². The first kappa shape index (κ1) is 29.8. The van der Waals surface area contributed by atoms with Crippen LogP contribution in [0.4, 0.5) is 0 Å². The van der Waals surface area contributed by atoms with Crippen molar-refractivity contribution in [2.75, 3.05) is 6.61 Å². The SMILES string of the molecule is C=CCC(CC(=O)[O-])(C(=O)OCCCCCCCCCCCC)S(=O)(=O)O.[Na+]. The van der Waals surface area contributed by atoms with E-state index >= 15 is 0 Å². The number of allylic oxidation sites excluding steroid dienone is 1. The molecule has 0 aliphatic heterocycles. The minimum Gasteiger partial charge on any atom is -0.550 e. The Bertz CT molecular complexity index is 563. The van der Waals surface area contributed by atoms with Gasteiger partial charge in [-0.2, -0.15) is 8.42 Å². The Morgan fingerprint density at radius 2 is 1.50 bits per heavy atom. The van der Waals surface area contributed by atoms with Gasteiger partial charge in [0.15, 0.2) is 0 Å². The summed E-state index contributed by atoms with van der Waals surface area (Å²) in [6.45, 7) is 5.47. The molecule has 9 heteroatoms. The molecule has 28 heavy (non-hydrogen) atoms. The molecule has 0 saturated carbocycles. The number of unbranched alkanes of at least 4 members (excludes halogenated alkanes) is 9. The summed E-state index contributed by atoms with van der Waals surface area (Å²) in [5.74, 6) is -3.06. The number of hydrogen-bond acceptors (Lipinski definition) is 6. The average molecular weight is 429 g/mol. The van der Waals surface area contributed by atoms with Gasteiger partial charge in [0.2, 0.25) is 4.75 Å². The summed E-state index contributed by atoms with van der Waals surface area (Å²) in [4.78, 5) is 23.1. The van der Waals surface area contributed by atoms with Crippen molar-refractivity contribution in [1.82, 2.24) is 0 Å². The zero-order valence-corrected chi connectivity index (χ0v) is 20.1. The van der Waals surface area contributed by atoms with Crippen LogP contribution in [0.2, 0.25) is 0 Å². The molecule has 0 aliphatic rings. The van der Waals surface area contributed by atoms with Crippen molar-refractivity contribution >= 4 is 22.1 Å². The summed E-state index contributed by atoms with van der Waals surface area (Å²) < 4.78 is 35.0. The predicted octanol–water partition coefficient (Wildman–Crippen LogP) is -0.203. The molecule has 0 aromatic carbocycles. The molecule has 0 radical (unpaired) electrons. The molecule has 0 amide bonds. The first-order chi connectivity index (χ1) is 12.7. The van der Waals surface area contributed by atoms with Crippen molar-refractivity contribution in [3.63, 3.8) is 0 Å². The molecule has 0 heterocycles. The number of carboxylic acid groups (broad SMARTS) is 1. The monoisotopic (exact) mass is 428 g/mol. The van der Waals surface area contributed by atoms with Gasteiger partial charge in [0.25, 0.3) is 10.1 Å². The Morgan fingerprint density at radius 1 is 1.04 bits per heavy atom. The number of rotatable bonds is 17. The van der Waals surface area contributed by atoms with Gasteiger partial charge in [-0.05, 0) is 12.8 Å².